The Labute approximate surface area is 157 Å². The first-order chi connectivity index (χ1) is 11.8. The van der Waals surface area contributed by atoms with Gasteiger partial charge < -0.3 is 19.8 Å². The average molecular weight is 392 g/mol. The second-order valence-electron chi connectivity index (χ2n) is 5.77. The molecule has 0 radical (unpaired) electrons. The summed E-state index contributed by atoms with van der Waals surface area (Å²) in [4.78, 5) is 20.7. The first kappa shape index (κ1) is 21.5. The fraction of sp³-hybridized carbons (Fsp3) is 0.529. The van der Waals surface area contributed by atoms with Crippen LogP contribution in [0.4, 0.5) is 0 Å². The Balaban J connectivity index is 0.000000450. The van der Waals surface area contributed by atoms with Gasteiger partial charge >= 0.3 is 11.9 Å². The maximum Gasteiger partial charge on any atom is 0.414 e. The summed E-state index contributed by atoms with van der Waals surface area (Å²) in [5.74, 6) is -3.03. The molecule has 1 aromatic carbocycles. The van der Waals surface area contributed by atoms with Crippen LogP contribution in [0.5, 0.6) is 5.75 Å². The summed E-state index contributed by atoms with van der Waals surface area (Å²) >= 11 is 12.3. The minimum Gasteiger partial charge on any atom is -0.490 e. The monoisotopic (exact) mass is 391 g/mol. The third-order valence-electron chi connectivity index (χ3n) is 3.64. The molecule has 1 aromatic rings. The van der Waals surface area contributed by atoms with Crippen molar-refractivity contribution in [2.75, 3.05) is 26.2 Å². The Morgan fingerprint density at radius 3 is 2.08 bits per heavy atom. The van der Waals surface area contributed by atoms with Gasteiger partial charge in [0, 0.05) is 6.54 Å². The average Bonchev–Trinajstić information content (AvgIpc) is 2.54. The maximum atomic E-state index is 9.10. The van der Waals surface area contributed by atoms with E-state index in [9.17, 15) is 0 Å². The molecule has 1 aliphatic rings. The Kier molecular flexibility index (Phi) is 9.63. The van der Waals surface area contributed by atoms with Gasteiger partial charge in [-0.1, -0.05) is 29.6 Å². The van der Waals surface area contributed by atoms with Crippen molar-refractivity contribution in [3.05, 3.63) is 27.7 Å². The Morgan fingerprint density at radius 1 is 1.08 bits per heavy atom. The molecule has 0 aromatic heterocycles. The van der Waals surface area contributed by atoms with Crippen molar-refractivity contribution in [3.8, 4) is 5.75 Å². The van der Waals surface area contributed by atoms with Gasteiger partial charge in [0.25, 0.3) is 0 Å². The van der Waals surface area contributed by atoms with Gasteiger partial charge in [-0.3, -0.25) is 0 Å². The molecule has 6 nitrogen and oxygen atoms in total. The van der Waals surface area contributed by atoms with E-state index in [-0.39, 0.29) is 0 Å². The van der Waals surface area contributed by atoms with E-state index in [1.807, 2.05) is 19.1 Å². The Bertz CT molecular complexity index is 553. The molecular weight excluding hydrogens is 369 g/mol. The van der Waals surface area contributed by atoms with Crippen molar-refractivity contribution >= 4 is 35.1 Å². The van der Waals surface area contributed by atoms with E-state index < -0.39 is 11.9 Å². The van der Waals surface area contributed by atoms with Crippen LogP contribution in [0.1, 0.15) is 31.2 Å². The fourth-order valence-electron chi connectivity index (χ4n) is 2.47. The van der Waals surface area contributed by atoms with Crippen LogP contribution in [-0.2, 0) is 9.59 Å². The molecule has 0 aliphatic carbocycles. The predicted octanol–water partition coefficient (Wildman–Crippen LogP) is 3.71. The van der Waals surface area contributed by atoms with E-state index in [1.165, 1.54) is 32.4 Å². The van der Waals surface area contributed by atoms with Crippen LogP contribution < -0.4 is 4.74 Å². The van der Waals surface area contributed by atoms with E-state index in [4.69, 9.17) is 47.7 Å². The minimum atomic E-state index is -1.82. The summed E-state index contributed by atoms with van der Waals surface area (Å²) in [7, 11) is 0. The van der Waals surface area contributed by atoms with E-state index in [0.717, 1.165) is 18.5 Å². The number of aryl methyl sites for hydroxylation is 1. The van der Waals surface area contributed by atoms with Gasteiger partial charge in [-0.25, -0.2) is 9.59 Å². The molecule has 0 saturated carbocycles. The zero-order chi connectivity index (χ0) is 18.8. The number of piperidine rings is 1. The first-order valence-corrected chi connectivity index (χ1v) is 8.84. The van der Waals surface area contributed by atoms with Gasteiger partial charge in [0.15, 0.2) is 5.75 Å². The lowest BCUT2D eigenvalue weighted by Gasteiger charge is -2.26. The molecule has 2 rings (SSSR count). The van der Waals surface area contributed by atoms with Gasteiger partial charge in [0.05, 0.1) is 16.7 Å². The van der Waals surface area contributed by atoms with Gasteiger partial charge in [-0.2, -0.15) is 0 Å². The molecule has 1 aliphatic heterocycles. The number of nitrogens with zero attached hydrogens (tertiary/aromatic N) is 1. The molecule has 25 heavy (non-hydrogen) atoms. The van der Waals surface area contributed by atoms with E-state index in [2.05, 4.69) is 4.90 Å². The lowest BCUT2D eigenvalue weighted by Crippen LogP contribution is -2.31. The molecule has 1 heterocycles. The maximum absolute atomic E-state index is 9.10. The van der Waals surface area contributed by atoms with E-state index in [1.54, 1.807) is 0 Å². The number of carbonyl (C=O) groups is 2. The summed E-state index contributed by atoms with van der Waals surface area (Å²) in [6.07, 6.45) is 5.05. The Hall–Kier alpha value is -1.50. The number of aliphatic carboxylic acids is 2. The third kappa shape index (κ3) is 8.43. The molecule has 140 valence electrons. The number of hydrogen-bond acceptors (Lipinski definition) is 4. The van der Waals surface area contributed by atoms with Crippen LogP contribution in [0.15, 0.2) is 12.1 Å². The number of rotatable bonds is 5. The van der Waals surface area contributed by atoms with Gasteiger partial charge in [-0.15, -0.1) is 0 Å². The molecule has 2 N–H and O–H groups in total. The highest BCUT2D eigenvalue weighted by molar-refractivity contribution is 6.37. The number of carboxylic acid groups (broad SMARTS) is 2. The third-order valence-corrected chi connectivity index (χ3v) is 4.20. The normalized spacial score (nSPS) is 14.4. The van der Waals surface area contributed by atoms with Crippen molar-refractivity contribution in [3.63, 3.8) is 0 Å². The van der Waals surface area contributed by atoms with Crippen molar-refractivity contribution in [1.82, 2.24) is 4.90 Å². The highest BCUT2D eigenvalue weighted by atomic mass is 35.5. The molecule has 0 atom stereocenters. The second kappa shape index (κ2) is 11.2. The largest absolute Gasteiger partial charge is 0.490 e. The smallest absolute Gasteiger partial charge is 0.414 e. The number of ether oxygens (including phenoxy) is 1. The van der Waals surface area contributed by atoms with Crippen LogP contribution in [0.2, 0.25) is 10.0 Å². The molecule has 0 spiro atoms. The Morgan fingerprint density at radius 2 is 1.60 bits per heavy atom. The summed E-state index contributed by atoms with van der Waals surface area (Å²) in [5.41, 5.74) is 1.05. The standard InChI is InChI=1S/C15H21Cl2NO.C2H2O4/c1-12-10-13(16)15(14(17)11-12)19-9-5-8-18-6-3-2-4-7-18;3-1(4)2(5)6/h10-11H,2-9H2,1H3;(H,3,4)(H,5,6). The SMILES string of the molecule is Cc1cc(Cl)c(OCCCN2CCCCC2)c(Cl)c1.O=C(O)C(=O)O. The van der Waals surface area contributed by atoms with Crippen molar-refractivity contribution in [2.24, 2.45) is 0 Å². The molecule has 1 saturated heterocycles. The number of likely N-dealkylation sites (tertiary alicyclic amines) is 1. The van der Waals surface area contributed by atoms with Crippen LogP contribution in [-0.4, -0.2) is 53.3 Å². The van der Waals surface area contributed by atoms with Crippen LogP contribution in [0, 0.1) is 6.92 Å². The lowest BCUT2D eigenvalue weighted by atomic mass is 10.1. The van der Waals surface area contributed by atoms with Crippen LogP contribution in [0.3, 0.4) is 0 Å². The highest BCUT2D eigenvalue weighted by Crippen LogP contribution is 2.34. The quantitative estimate of drug-likeness (QED) is 0.587. The highest BCUT2D eigenvalue weighted by Gasteiger charge is 2.11. The zero-order valence-electron chi connectivity index (χ0n) is 14.1. The molecule has 1 fully saturated rings. The van der Waals surface area contributed by atoms with Gasteiger partial charge in [0.1, 0.15) is 0 Å². The van der Waals surface area contributed by atoms with Crippen LogP contribution >= 0.6 is 23.2 Å². The van der Waals surface area contributed by atoms with Crippen LogP contribution in [0.25, 0.3) is 0 Å². The summed E-state index contributed by atoms with van der Waals surface area (Å²) < 4.78 is 5.72. The first-order valence-electron chi connectivity index (χ1n) is 8.08. The molecule has 0 bridgehead atoms. The number of benzene rings is 1. The topological polar surface area (TPSA) is 87.1 Å². The molecule has 8 heteroatoms. The van der Waals surface area contributed by atoms with Crippen molar-refractivity contribution in [2.45, 2.75) is 32.6 Å². The molecule has 0 unspecified atom stereocenters. The minimum absolute atomic E-state index is 0.600. The number of halogens is 2. The van der Waals surface area contributed by atoms with Crippen molar-refractivity contribution < 1.29 is 24.5 Å². The lowest BCUT2D eigenvalue weighted by molar-refractivity contribution is -0.159. The van der Waals surface area contributed by atoms with Crippen molar-refractivity contribution in [1.29, 1.82) is 0 Å². The van der Waals surface area contributed by atoms with Gasteiger partial charge in [-0.05, 0) is 57.0 Å². The number of carboxylic acids is 2. The molecular formula is C17H23Cl2NO5. The zero-order valence-corrected chi connectivity index (χ0v) is 15.6. The summed E-state index contributed by atoms with van der Waals surface area (Å²) in [6, 6.07) is 3.76. The fourth-order valence-corrected chi connectivity index (χ4v) is 3.18. The van der Waals surface area contributed by atoms with Gasteiger partial charge in [0.2, 0.25) is 0 Å². The summed E-state index contributed by atoms with van der Waals surface area (Å²) in [6.45, 7) is 6.19. The number of hydrogen-bond donors (Lipinski definition) is 2. The summed E-state index contributed by atoms with van der Waals surface area (Å²) in [5, 5.41) is 16.0. The predicted molar refractivity (Wildman–Crippen MR) is 96.9 cm³/mol. The van der Waals surface area contributed by atoms with E-state index in [0.29, 0.717) is 22.4 Å². The molecule has 0 amide bonds. The second-order valence-corrected chi connectivity index (χ2v) is 6.59. The van der Waals surface area contributed by atoms with E-state index >= 15 is 0 Å².